The van der Waals surface area contributed by atoms with E-state index in [1.165, 1.54) is 12.1 Å². The van der Waals surface area contributed by atoms with E-state index >= 15 is 0 Å². The normalized spacial score (nSPS) is 11.3. The lowest BCUT2D eigenvalue weighted by Gasteiger charge is -2.05. The van der Waals surface area contributed by atoms with Gasteiger partial charge >= 0.3 is 0 Å². The van der Waals surface area contributed by atoms with E-state index in [9.17, 15) is 10.2 Å². The summed E-state index contributed by atoms with van der Waals surface area (Å²) in [5.41, 5.74) is 3.94. The molecule has 18 heavy (non-hydrogen) atoms. The average Bonchev–Trinajstić information content (AvgIpc) is 2.37. The number of nitrogens with zero attached hydrogens (tertiary/aromatic N) is 2. The van der Waals surface area contributed by atoms with E-state index in [1.54, 1.807) is 25.3 Å². The Morgan fingerprint density at radius 3 is 2.72 bits per heavy atom. The van der Waals surface area contributed by atoms with Crippen LogP contribution in [0.25, 0.3) is 0 Å². The number of phenolic OH excluding ortho intramolecular Hbond substituents is 2. The number of benzene rings is 1. The maximum atomic E-state index is 9.67. The molecule has 0 aliphatic rings. The van der Waals surface area contributed by atoms with Crippen molar-refractivity contribution in [2.45, 2.75) is 6.92 Å². The second-order valence-corrected chi connectivity index (χ2v) is 3.73. The van der Waals surface area contributed by atoms with Crippen LogP contribution in [-0.4, -0.2) is 20.9 Å². The van der Waals surface area contributed by atoms with Crippen LogP contribution < -0.4 is 5.43 Å². The summed E-state index contributed by atoms with van der Waals surface area (Å²) in [5.74, 6) is 0.621. The minimum Gasteiger partial charge on any atom is -0.508 e. The molecule has 1 heterocycles. The van der Waals surface area contributed by atoms with E-state index in [4.69, 9.17) is 0 Å². The molecule has 1 aromatic heterocycles. The van der Waals surface area contributed by atoms with Gasteiger partial charge in [0.25, 0.3) is 0 Å². The number of anilines is 1. The maximum absolute atomic E-state index is 9.67. The lowest BCUT2D eigenvalue weighted by Crippen LogP contribution is -2.00. The molecule has 0 unspecified atom stereocenters. The zero-order valence-corrected chi connectivity index (χ0v) is 9.83. The van der Waals surface area contributed by atoms with Crippen molar-refractivity contribution in [2.24, 2.45) is 5.10 Å². The Kier molecular flexibility index (Phi) is 3.43. The molecule has 2 aromatic rings. The van der Waals surface area contributed by atoms with Crippen LogP contribution in [0.15, 0.2) is 47.7 Å². The van der Waals surface area contributed by atoms with E-state index in [1.807, 2.05) is 12.1 Å². The lowest BCUT2D eigenvalue weighted by molar-refractivity contribution is 0.450. The summed E-state index contributed by atoms with van der Waals surface area (Å²) in [4.78, 5) is 4.06. The van der Waals surface area contributed by atoms with Crippen molar-refractivity contribution in [3.05, 3.63) is 48.2 Å². The molecule has 5 nitrogen and oxygen atoms in total. The molecular weight excluding hydrogens is 230 g/mol. The second kappa shape index (κ2) is 5.18. The summed E-state index contributed by atoms with van der Waals surface area (Å²) in [7, 11) is 0. The molecule has 0 radical (unpaired) electrons. The number of hydrazone groups is 1. The van der Waals surface area contributed by atoms with Crippen LogP contribution in [0.1, 0.15) is 12.5 Å². The van der Waals surface area contributed by atoms with E-state index in [0.717, 1.165) is 0 Å². The molecule has 92 valence electrons. The summed E-state index contributed by atoms with van der Waals surface area (Å²) in [5, 5.41) is 23.0. The molecule has 0 fully saturated rings. The minimum absolute atomic E-state index is 0.0147. The van der Waals surface area contributed by atoms with Gasteiger partial charge in [0.05, 0.1) is 5.71 Å². The topological polar surface area (TPSA) is 77.7 Å². The number of nitrogens with one attached hydrogen (secondary N) is 1. The van der Waals surface area contributed by atoms with Crippen molar-refractivity contribution in [3.8, 4) is 11.5 Å². The van der Waals surface area contributed by atoms with Crippen molar-refractivity contribution in [3.63, 3.8) is 0 Å². The van der Waals surface area contributed by atoms with Crippen LogP contribution in [0.5, 0.6) is 11.5 Å². The third-order valence-corrected chi connectivity index (χ3v) is 2.37. The first kappa shape index (κ1) is 11.9. The highest BCUT2D eigenvalue weighted by Crippen LogP contribution is 2.23. The predicted octanol–water partition coefficient (Wildman–Crippen LogP) is 2.33. The maximum Gasteiger partial charge on any atom is 0.146 e. The van der Waals surface area contributed by atoms with Gasteiger partial charge < -0.3 is 10.2 Å². The molecule has 2 rings (SSSR count). The first-order chi connectivity index (χ1) is 8.66. The van der Waals surface area contributed by atoms with Gasteiger partial charge in [0.15, 0.2) is 0 Å². The largest absolute Gasteiger partial charge is 0.508 e. The molecule has 3 N–H and O–H groups in total. The Labute approximate surface area is 104 Å². The fraction of sp³-hybridized carbons (Fsp3) is 0.0769. The summed E-state index contributed by atoms with van der Waals surface area (Å²) in [6, 6.07) is 9.81. The van der Waals surface area contributed by atoms with Gasteiger partial charge in [-0.1, -0.05) is 6.07 Å². The molecule has 1 aromatic carbocycles. The number of aromatic hydroxyl groups is 2. The summed E-state index contributed by atoms with van der Waals surface area (Å²) in [6.07, 6.45) is 1.66. The number of pyridine rings is 1. The lowest BCUT2D eigenvalue weighted by atomic mass is 10.1. The zero-order valence-electron chi connectivity index (χ0n) is 9.83. The smallest absolute Gasteiger partial charge is 0.146 e. The van der Waals surface area contributed by atoms with Gasteiger partial charge in [-0.25, -0.2) is 4.98 Å². The van der Waals surface area contributed by atoms with E-state index in [0.29, 0.717) is 17.1 Å². The van der Waals surface area contributed by atoms with Gasteiger partial charge in [-0.15, -0.1) is 0 Å². The van der Waals surface area contributed by atoms with Crippen LogP contribution in [0.4, 0.5) is 5.82 Å². The van der Waals surface area contributed by atoms with Gasteiger partial charge in [-0.2, -0.15) is 5.10 Å². The van der Waals surface area contributed by atoms with Crippen molar-refractivity contribution < 1.29 is 10.2 Å². The molecule has 5 heteroatoms. The fourth-order valence-corrected chi connectivity index (χ4v) is 1.46. The van der Waals surface area contributed by atoms with Crippen LogP contribution in [0, 0.1) is 0 Å². The van der Waals surface area contributed by atoms with E-state index in [2.05, 4.69) is 15.5 Å². The quantitative estimate of drug-likeness (QED) is 0.571. The Balaban J connectivity index is 2.18. The first-order valence-corrected chi connectivity index (χ1v) is 5.40. The average molecular weight is 243 g/mol. The van der Waals surface area contributed by atoms with Crippen LogP contribution in [0.2, 0.25) is 0 Å². The van der Waals surface area contributed by atoms with Crippen molar-refractivity contribution in [1.82, 2.24) is 4.98 Å². The van der Waals surface area contributed by atoms with Crippen molar-refractivity contribution >= 4 is 11.5 Å². The van der Waals surface area contributed by atoms with Gasteiger partial charge in [-0.3, -0.25) is 5.43 Å². The zero-order chi connectivity index (χ0) is 13.0. The first-order valence-electron chi connectivity index (χ1n) is 5.40. The molecule has 0 aliphatic heterocycles. The molecule has 0 saturated carbocycles. The number of hydrogen-bond acceptors (Lipinski definition) is 5. The molecule has 0 atom stereocenters. The van der Waals surface area contributed by atoms with Gasteiger partial charge in [-0.05, 0) is 31.2 Å². The number of hydrogen-bond donors (Lipinski definition) is 3. The van der Waals surface area contributed by atoms with Crippen molar-refractivity contribution in [2.75, 3.05) is 5.43 Å². The van der Waals surface area contributed by atoms with Gasteiger partial charge in [0.2, 0.25) is 0 Å². The van der Waals surface area contributed by atoms with Gasteiger partial charge in [0.1, 0.15) is 17.3 Å². The predicted molar refractivity (Wildman–Crippen MR) is 69.8 cm³/mol. The molecule has 0 saturated heterocycles. The van der Waals surface area contributed by atoms with Crippen molar-refractivity contribution in [1.29, 1.82) is 0 Å². The van der Waals surface area contributed by atoms with E-state index < -0.39 is 0 Å². The molecule has 0 bridgehead atoms. The third-order valence-electron chi connectivity index (χ3n) is 2.37. The van der Waals surface area contributed by atoms with Crippen LogP contribution in [0.3, 0.4) is 0 Å². The second-order valence-electron chi connectivity index (χ2n) is 3.73. The molecule has 0 spiro atoms. The molecule has 0 aliphatic carbocycles. The standard InChI is InChI=1S/C13H13N3O2/c1-9(11-6-5-10(17)8-12(11)18)15-16-13-4-2-3-7-14-13/h2-8,17-18H,1H3,(H,14,16)/b15-9-. The highest BCUT2D eigenvalue weighted by atomic mass is 16.3. The van der Waals surface area contributed by atoms with Crippen LogP contribution >= 0.6 is 0 Å². The SMILES string of the molecule is C/C(=N/Nc1ccccn1)c1ccc(O)cc1O. The van der Waals surface area contributed by atoms with Crippen LogP contribution in [-0.2, 0) is 0 Å². The van der Waals surface area contributed by atoms with E-state index in [-0.39, 0.29) is 11.5 Å². The third kappa shape index (κ3) is 2.76. The summed E-state index contributed by atoms with van der Waals surface area (Å²) >= 11 is 0. The minimum atomic E-state index is -0.0147. The fourth-order valence-electron chi connectivity index (χ4n) is 1.46. The Morgan fingerprint density at radius 2 is 2.06 bits per heavy atom. The Bertz CT molecular complexity index is 568. The molecular formula is C13H13N3O2. The Hall–Kier alpha value is -2.56. The number of rotatable bonds is 3. The monoisotopic (exact) mass is 243 g/mol. The Morgan fingerprint density at radius 1 is 1.22 bits per heavy atom. The summed E-state index contributed by atoms with van der Waals surface area (Å²) < 4.78 is 0. The number of phenols is 2. The summed E-state index contributed by atoms with van der Waals surface area (Å²) in [6.45, 7) is 1.75. The van der Waals surface area contributed by atoms with Gasteiger partial charge in [0, 0.05) is 17.8 Å². The molecule has 0 amide bonds. The highest BCUT2D eigenvalue weighted by molar-refractivity contribution is 6.01. The number of aromatic nitrogens is 1. The highest BCUT2D eigenvalue weighted by Gasteiger charge is 2.05.